The van der Waals surface area contributed by atoms with Crippen LogP contribution in [0.15, 0.2) is 29.8 Å². The molecule has 1 saturated carbocycles. The molecule has 1 nitrogen and oxygen atoms in total. The van der Waals surface area contributed by atoms with Gasteiger partial charge in [-0.25, -0.2) is 0 Å². The van der Waals surface area contributed by atoms with E-state index in [2.05, 4.69) is 45.0 Å². The maximum atomic E-state index is 6.25. The first-order valence-electron chi connectivity index (χ1n) is 11.0. The Morgan fingerprint density at radius 2 is 1.54 bits per heavy atom. The molecule has 1 aromatic carbocycles. The molecule has 0 aromatic heterocycles. The molecule has 144 valence electrons. The van der Waals surface area contributed by atoms with Gasteiger partial charge in [0.25, 0.3) is 0 Å². The van der Waals surface area contributed by atoms with Gasteiger partial charge in [-0.1, -0.05) is 75.3 Å². The number of nitrogens with two attached hydrogens (primary N) is 1. The fraction of sp³-hybridized carbons (Fsp3) is 0.680. The van der Waals surface area contributed by atoms with Crippen LogP contribution < -0.4 is 5.73 Å². The van der Waals surface area contributed by atoms with Gasteiger partial charge in [0.2, 0.25) is 0 Å². The quantitative estimate of drug-likeness (QED) is 0.597. The lowest BCUT2D eigenvalue weighted by molar-refractivity contribution is 0.218. The first-order chi connectivity index (χ1) is 12.5. The summed E-state index contributed by atoms with van der Waals surface area (Å²) < 4.78 is 0. The molecular weight excluding hydrogens is 314 g/mol. The Morgan fingerprint density at radius 3 is 2.19 bits per heavy atom. The highest BCUT2D eigenvalue weighted by molar-refractivity contribution is 5.76. The molecule has 0 radical (unpaired) electrons. The van der Waals surface area contributed by atoms with Gasteiger partial charge >= 0.3 is 0 Å². The zero-order valence-electron chi connectivity index (χ0n) is 17.3. The Labute approximate surface area is 161 Å². The van der Waals surface area contributed by atoms with Crippen LogP contribution in [0.25, 0.3) is 5.57 Å². The van der Waals surface area contributed by atoms with Crippen LogP contribution in [0.2, 0.25) is 0 Å². The molecule has 1 heteroatoms. The largest absolute Gasteiger partial charge is 0.328 e. The van der Waals surface area contributed by atoms with Crippen LogP contribution in [0.1, 0.15) is 108 Å². The van der Waals surface area contributed by atoms with E-state index in [1.165, 1.54) is 81.8 Å². The molecule has 2 aliphatic carbocycles. The van der Waals surface area contributed by atoms with E-state index in [0.717, 1.165) is 0 Å². The van der Waals surface area contributed by atoms with Crippen molar-refractivity contribution in [3.63, 3.8) is 0 Å². The van der Waals surface area contributed by atoms with Crippen molar-refractivity contribution >= 4 is 5.57 Å². The predicted molar refractivity (Wildman–Crippen MR) is 114 cm³/mol. The van der Waals surface area contributed by atoms with E-state index >= 15 is 0 Å². The van der Waals surface area contributed by atoms with E-state index < -0.39 is 0 Å². The average molecular weight is 354 g/mol. The molecule has 1 unspecified atom stereocenters. The highest BCUT2D eigenvalue weighted by Gasteiger charge is 2.33. The van der Waals surface area contributed by atoms with E-state index in [1.54, 1.807) is 11.1 Å². The molecule has 26 heavy (non-hydrogen) atoms. The van der Waals surface area contributed by atoms with Crippen molar-refractivity contribution in [3.8, 4) is 0 Å². The van der Waals surface area contributed by atoms with Crippen LogP contribution in [0, 0.1) is 5.41 Å². The Hall–Kier alpha value is -1.08. The van der Waals surface area contributed by atoms with Crippen LogP contribution in [-0.2, 0) is 0 Å². The minimum atomic E-state index is 0.451. The summed E-state index contributed by atoms with van der Waals surface area (Å²) in [5, 5.41) is 0. The molecule has 3 rings (SSSR count). The van der Waals surface area contributed by atoms with Crippen molar-refractivity contribution in [1.29, 1.82) is 0 Å². The van der Waals surface area contributed by atoms with Crippen molar-refractivity contribution in [3.05, 3.63) is 41.0 Å². The Morgan fingerprint density at radius 1 is 0.923 bits per heavy atom. The lowest BCUT2D eigenvalue weighted by atomic mass is 9.71. The molecule has 0 amide bonds. The predicted octanol–water partition coefficient (Wildman–Crippen LogP) is 7.22. The first-order valence-corrected chi connectivity index (χ1v) is 11.0. The smallest absolute Gasteiger partial charge is 0.00625 e. The first kappa shape index (κ1) is 19.7. The standard InChI is InChI=1S/C25H39N/c1-19-20(2)24(23-15-9-8-14-22(19)23)18-25(3)16-10-4-6-12-21(26)13-7-5-11-17-25/h8-9,14-15,21,24H,4-7,10-13,16-18,26H2,1-3H3. The molecule has 0 heterocycles. The number of rotatable bonds is 2. The zero-order chi connectivity index (χ0) is 18.6. The molecule has 0 aliphatic heterocycles. The highest BCUT2D eigenvalue weighted by atomic mass is 14.6. The number of hydrogen-bond acceptors (Lipinski definition) is 1. The van der Waals surface area contributed by atoms with Gasteiger partial charge in [0, 0.05) is 12.0 Å². The van der Waals surface area contributed by atoms with Crippen LogP contribution in [0.4, 0.5) is 0 Å². The van der Waals surface area contributed by atoms with Crippen molar-refractivity contribution in [2.75, 3.05) is 0 Å². The normalized spacial score (nSPS) is 31.2. The van der Waals surface area contributed by atoms with Crippen molar-refractivity contribution < 1.29 is 0 Å². The summed E-state index contributed by atoms with van der Waals surface area (Å²) in [6.07, 6.45) is 14.7. The number of allylic oxidation sites excluding steroid dienone is 2. The van der Waals surface area contributed by atoms with E-state index in [1.807, 2.05) is 0 Å². The average Bonchev–Trinajstić information content (AvgIpc) is 2.85. The third-order valence-corrected chi connectivity index (χ3v) is 7.26. The maximum absolute atomic E-state index is 6.25. The topological polar surface area (TPSA) is 26.0 Å². The van der Waals surface area contributed by atoms with Gasteiger partial charge in [-0.3, -0.25) is 0 Å². The van der Waals surface area contributed by atoms with Crippen LogP contribution in [0.5, 0.6) is 0 Å². The van der Waals surface area contributed by atoms with Gasteiger partial charge in [-0.2, -0.15) is 0 Å². The summed E-state index contributed by atoms with van der Waals surface area (Å²) >= 11 is 0. The number of hydrogen-bond donors (Lipinski definition) is 1. The summed E-state index contributed by atoms with van der Waals surface area (Å²) in [5.41, 5.74) is 12.9. The Balaban J connectivity index is 1.71. The molecule has 2 aliphatic rings. The number of fused-ring (bicyclic) bond motifs is 1. The van der Waals surface area contributed by atoms with Crippen LogP contribution in [0.3, 0.4) is 0 Å². The van der Waals surface area contributed by atoms with E-state index in [-0.39, 0.29) is 0 Å². The van der Waals surface area contributed by atoms with Crippen LogP contribution >= 0.6 is 0 Å². The summed E-state index contributed by atoms with van der Waals surface area (Å²) in [5.74, 6) is 0.637. The minimum Gasteiger partial charge on any atom is -0.328 e. The van der Waals surface area contributed by atoms with Gasteiger partial charge in [-0.05, 0) is 68.1 Å². The molecule has 1 aromatic rings. The second-order valence-electron chi connectivity index (χ2n) is 9.42. The molecule has 0 spiro atoms. The zero-order valence-corrected chi connectivity index (χ0v) is 17.3. The van der Waals surface area contributed by atoms with Crippen LogP contribution in [-0.4, -0.2) is 6.04 Å². The summed E-state index contributed by atoms with van der Waals surface area (Å²) in [6, 6.07) is 9.57. The van der Waals surface area contributed by atoms with Gasteiger partial charge in [0.1, 0.15) is 0 Å². The van der Waals surface area contributed by atoms with Gasteiger partial charge < -0.3 is 5.73 Å². The second kappa shape index (κ2) is 8.74. The third-order valence-electron chi connectivity index (χ3n) is 7.26. The summed E-state index contributed by atoms with van der Waals surface area (Å²) in [4.78, 5) is 0. The Kier molecular flexibility index (Phi) is 6.61. The van der Waals surface area contributed by atoms with Crippen molar-refractivity contribution in [2.24, 2.45) is 11.1 Å². The van der Waals surface area contributed by atoms with E-state index in [0.29, 0.717) is 17.4 Å². The van der Waals surface area contributed by atoms with Gasteiger partial charge in [-0.15, -0.1) is 0 Å². The fourth-order valence-electron chi connectivity index (χ4n) is 5.35. The molecule has 0 bridgehead atoms. The molecule has 2 N–H and O–H groups in total. The van der Waals surface area contributed by atoms with Crippen molar-refractivity contribution in [1.82, 2.24) is 0 Å². The molecule has 1 fully saturated rings. The van der Waals surface area contributed by atoms with Gasteiger partial charge in [0.15, 0.2) is 0 Å². The summed E-state index contributed by atoms with van der Waals surface area (Å²) in [7, 11) is 0. The lowest BCUT2D eigenvalue weighted by Crippen LogP contribution is -2.22. The Bertz CT molecular complexity index is 613. The monoisotopic (exact) mass is 353 g/mol. The maximum Gasteiger partial charge on any atom is 0.00625 e. The third kappa shape index (κ3) is 4.60. The lowest BCUT2D eigenvalue weighted by Gasteiger charge is -2.34. The van der Waals surface area contributed by atoms with E-state index in [4.69, 9.17) is 5.73 Å². The second-order valence-corrected chi connectivity index (χ2v) is 9.42. The fourth-order valence-corrected chi connectivity index (χ4v) is 5.35. The van der Waals surface area contributed by atoms with Crippen molar-refractivity contribution in [2.45, 2.75) is 103 Å². The molecule has 1 atom stereocenters. The SMILES string of the molecule is CC1=C(C)C(CC2(C)CCCCCC(N)CCCCC2)c2ccccc21. The minimum absolute atomic E-state index is 0.451. The van der Waals surface area contributed by atoms with E-state index in [9.17, 15) is 0 Å². The molecule has 0 saturated heterocycles. The number of benzene rings is 1. The highest BCUT2D eigenvalue weighted by Crippen LogP contribution is 2.49. The molecular formula is C25H39N. The summed E-state index contributed by atoms with van der Waals surface area (Å²) in [6.45, 7) is 7.27. The van der Waals surface area contributed by atoms with Gasteiger partial charge in [0.05, 0.1) is 0 Å².